The van der Waals surface area contributed by atoms with E-state index in [1.54, 1.807) is 30.3 Å². The highest BCUT2D eigenvalue weighted by Crippen LogP contribution is 2.17. The Balaban J connectivity index is 1.97. The van der Waals surface area contributed by atoms with Crippen LogP contribution in [-0.2, 0) is 14.9 Å². The van der Waals surface area contributed by atoms with E-state index >= 15 is 0 Å². The van der Waals surface area contributed by atoms with Crippen LogP contribution >= 0.6 is 0 Å². The normalized spacial score (nSPS) is 12.8. The molecule has 1 N–H and O–H groups in total. The maximum absolute atomic E-state index is 12.1. The van der Waals surface area contributed by atoms with Crippen LogP contribution in [0.5, 0.6) is 0 Å². The largest absolute Gasteiger partial charge is 0.286 e. The van der Waals surface area contributed by atoms with Gasteiger partial charge in [-0.25, -0.2) is 8.42 Å². The molecule has 0 saturated heterocycles. The van der Waals surface area contributed by atoms with Gasteiger partial charge in [-0.15, -0.1) is 6.58 Å². The highest BCUT2D eigenvalue weighted by molar-refractivity contribution is 7.89. The summed E-state index contributed by atoms with van der Waals surface area (Å²) >= 11 is 0. The SMILES string of the molecule is C=C[C@H](CONS(=O)(=O)c1ccc(C)cc1)c1ccccc1. The van der Waals surface area contributed by atoms with E-state index < -0.39 is 10.0 Å². The summed E-state index contributed by atoms with van der Waals surface area (Å²) in [4.78, 5) is 7.51. The van der Waals surface area contributed by atoms with Gasteiger partial charge < -0.3 is 0 Å². The third kappa shape index (κ3) is 4.27. The van der Waals surface area contributed by atoms with Gasteiger partial charge in [0, 0.05) is 5.92 Å². The van der Waals surface area contributed by atoms with E-state index in [1.165, 1.54) is 0 Å². The van der Waals surface area contributed by atoms with Crippen LogP contribution in [0.25, 0.3) is 0 Å². The van der Waals surface area contributed by atoms with Crippen molar-refractivity contribution < 1.29 is 13.3 Å². The van der Waals surface area contributed by atoms with Crippen LogP contribution in [0.4, 0.5) is 0 Å². The zero-order valence-corrected chi connectivity index (χ0v) is 13.2. The second-order valence-electron chi connectivity index (χ2n) is 4.96. The topological polar surface area (TPSA) is 55.4 Å². The molecule has 1 atom stereocenters. The molecule has 0 radical (unpaired) electrons. The van der Waals surface area contributed by atoms with Gasteiger partial charge in [0.25, 0.3) is 10.0 Å². The highest BCUT2D eigenvalue weighted by Gasteiger charge is 2.15. The van der Waals surface area contributed by atoms with E-state index in [2.05, 4.69) is 11.5 Å². The van der Waals surface area contributed by atoms with Gasteiger partial charge in [0.2, 0.25) is 0 Å². The van der Waals surface area contributed by atoms with E-state index in [-0.39, 0.29) is 17.4 Å². The number of aryl methyl sites for hydroxylation is 1. The van der Waals surface area contributed by atoms with E-state index in [0.717, 1.165) is 11.1 Å². The molecule has 0 bridgehead atoms. The first kappa shape index (κ1) is 16.4. The number of rotatable bonds is 7. The van der Waals surface area contributed by atoms with E-state index in [0.29, 0.717) is 0 Å². The third-order valence-electron chi connectivity index (χ3n) is 3.28. The average molecular weight is 317 g/mol. The third-order valence-corrected chi connectivity index (χ3v) is 4.51. The summed E-state index contributed by atoms with van der Waals surface area (Å²) in [6, 6.07) is 16.2. The predicted octanol–water partition coefficient (Wildman–Crippen LogP) is 3.17. The first-order valence-electron chi connectivity index (χ1n) is 6.90. The highest BCUT2D eigenvalue weighted by atomic mass is 32.2. The monoisotopic (exact) mass is 317 g/mol. The van der Waals surface area contributed by atoms with Crippen molar-refractivity contribution in [2.75, 3.05) is 6.61 Å². The molecule has 0 spiro atoms. The zero-order valence-electron chi connectivity index (χ0n) is 12.4. The lowest BCUT2D eigenvalue weighted by Gasteiger charge is -2.13. The molecule has 0 aliphatic rings. The van der Waals surface area contributed by atoms with Gasteiger partial charge in [0.05, 0.1) is 11.5 Å². The molecule has 2 aromatic carbocycles. The molecule has 0 aliphatic heterocycles. The van der Waals surface area contributed by atoms with Gasteiger partial charge in [-0.1, -0.05) is 59.0 Å². The average Bonchev–Trinajstić information content (AvgIpc) is 2.53. The predicted molar refractivity (Wildman–Crippen MR) is 86.8 cm³/mol. The molecule has 0 fully saturated rings. The first-order valence-corrected chi connectivity index (χ1v) is 8.39. The molecule has 0 amide bonds. The van der Waals surface area contributed by atoms with Crippen molar-refractivity contribution in [1.29, 1.82) is 0 Å². The smallest absolute Gasteiger partial charge is 0.262 e. The summed E-state index contributed by atoms with van der Waals surface area (Å²) in [6.45, 7) is 5.84. The molecule has 0 aromatic heterocycles. The quantitative estimate of drug-likeness (QED) is 0.630. The minimum absolute atomic E-state index is 0.0816. The second-order valence-corrected chi connectivity index (χ2v) is 6.61. The van der Waals surface area contributed by atoms with Crippen LogP contribution < -0.4 is 4.89 Å². The Labute approximate surface area is 131 Å². The zero-order chi connectivity index (χ0) is 16.0. The van der Waals surface area contributed by atoms with Crippen LogP contribution in [0.3, 0.4) is 0 Å². The van der Waals surface area contributed by atoms with Crippen LogP contribution in [0, 0.1) is 6.92 Å². The standard InChI is InChI=1S/C17H19NO3S/c1-3-15(16-7-5-4-6-8-16)13-21-18-22(19,20)17-11-9-14(2)10-12-17/h3-12,15,18H,1,13H2,2H3/t15-/m1/s1. The van der Waals surface area contributed by atoms with Gasteiger partial charge in [-0.3, -0.25) is 4.84 Å². The molecule has 2 aromatic rings. The van der Waals surface area contributed by atoms with Crippen LogP contribution in [0.1, 0.15) is 17.0 Å². The molecule has 0 aliphatic carbocycles. The fraction of sp³-hybridized carbons (Fsp3) is 0.176. The van der Waals surface area contributed by atoms with Gasteiger partial charge >= 0.3 is 0 Å². The Hall–Kier alpha value is -1.95. The van der Waals surface area contributed by atoms with E-state index in [1.807, 2.05) is 37.3 Å². The Morgan fingerprint density at radius 2 is 1.77 bits per heavy atom. The van der Waals surface area contributed by atoms with Crippen molar-refractivity contribution in [3.8, 4) is 0 Å². The summed E-state index contributed by atoms with van der Waals surface area (Å²) < 4.78 is 24.2. The van der Waals surface area contributed by atoms with Gasteiger partial charge in [-0.2, -0.15) is 0 Å². The Bertz CT molecular complexity index is 709. The van der Waals surface area contributed by atoms with E-state index in [9.17, 15) is 8.42 Å². The molecule has 0 heterocycles. The summed E-state index contributed by atoms with van der Waals surface area (Å²) in [7, 11) is -3.67. The minimum atomic E-state index is -3.67. The van der Waals surface area contributed by atoms with Gasteiger partial charge in [0.15, 0.2) is 0 Å². The number of nitrogens with one attached hydrogen (secondary N) is 1. The summed E-state index contributed by atoms with van der Waals surface area (Å²) in [5.41, 5.74) is 2.02. The van der Waals surface area contributed by atoms with Crippen molar-refractivity contribution in [2.45, 2.75) is 17.7 Å². The molecule has 2 rings (SSSR count). The molecule has 5 heteroatoms. The fourth-order valence-electron chi connectivity index (χ4n) is 1.97. The van der Waals surface area contributed by atoms with Gasteiger partial charge in [0.1, 0.15) is 0 Å². The molecule has 0 saturated carbocycles. The van der Waals surface area contributed by atoms with Crippen LogP contribution in [0.2, 0.25) is 0 Å². The number of benzene rings is 2. The van der Waals surface area contributed by atoms with Crippen molar-refractivity contribution in [3.05, 3.63) is 78.4 Å². The molecular formula is C17H19NO3S. The summed E-state index contributed by atoms with van der Waals surface area (Å²) in [6.07, 6.45) is 1.73. The lowest BCUT2D eigenvalue weighted by molar-refractivity contribution is 0.0884. The number of hydrogen-bond donors (Lipinski definition) is 1. The fourth-order valence-corrected chi connectivity index (χ4v) is 2.78. The maximum Gasteiger partial charge on any atom is 0.262 e. The summed E-state index contributed by atoms with van der Waals surface area (Å²) in [5.74, 6) is -0.0816. The lowest BCUT2D eigenvalue weighted by Crippen LogP contribution is -2.26. The molecular weight excluding hydrogens is 298 g/mol. The van der Waals surface area contributed by atoms with Crippen LogP contribution in [-0.4, -0.2) is 15.0 Å². The van der Waals surface area contributed by atoms with Crippen molar-refractivity contribution in [2.24, 2.45) is 0 Å². The Kier molecular flexibility index (Phi) is 5.49. The van der Waals surface area contributed by atoms with Crippen molar-refractivity contribution >= 4 is 10.0 Å². The Morgan fingerprint density at radius 3 is 2.36 bits per heavy atom. The second kappa shape index (κ2) is 7.35. The summed E-state index contributed by atoms with van der Waals surface area (Å²) in [5, 5.41) is 0. The Morgan fingerprint density at radius 1 is 1.14 bits per heavy atom. The van der Waals surface area contributed by atoms with E-state index in [4.69, 9.17) is 4.84 Å². The minimum Gasteiger partial charge on any atom is -0.286 e. The molecule has 116 valence electrons. The number of hydrogen-bond acceptors (Lipinski definition) is 3. The van der Waals surface area contributed by atoms with Crippen LogP contribution in [0.15, 0.2) is 72.1 Å². The number of sulfonamides is 1. The first-order chi connectivity index (χ1) is 10.5. The van der Waals surface area contributed by atoms with Gasteiger partial charge in [-0.05, 0) is 24.6 Å². The van der Waals surface area contributed by atoms with Crippen molar-refractivity contribution in [3.63, 3.8) is 0 Å². The van der Waals surface area contributed by atoms with Crippen molar-refractivity contribution in [1.82, 2.24) is 4.89 Å². The molecule has 22 heavy (non-hydrogen) atoms. The molecule has 4 nitrogen and oxygen atoms in total. The molecule has 0 unspecified atom stereocenters. The maximum atomic E-state index is 12.1. The lowest BCUT2D eigenvalue weighted by atomic mass is 10.0.